The molecular formula is C21H21N5O4. The lowest BCUT2D eigenvalue weighted by Gasteiger charge is -2.18. The molecule has 0 aliphatic carbocycles. The molecule has 0 bridgehead atoms. The van der Waals surface area contributed by atoms with E-state index in [2.05, 4.69) is 15.7 Å². The smallest absolute Gasteiger partial charge is 0.325 e. The average molecular weight is 407 g/mol. The highest BCUT2D eigenvalue weighted by Gasteiger charge is 2.51. The Morgan fingerprint density at radius 2 is 1.90 bits per heavy atom. The molecule has 1 aliphatic rings. The maximum Gasteiger partial charge on any atom is 0.325 e. The number of hydrogen-bond donors (Lipinski definition) is 2. The number of anilines is 1. The van der Waals surface area contributed by atoms with E-state index in [-0.39, 0.29) is 0 Å². The fourth-order valence-corrected chi connectivity index (χ4v) is 3.54. The van der Waals surface area contributed by atoms with Gasteiger partial charge in [-0.2, -0.15) is 5.10 Å². The standard InChI is InChI=1S/C21H21N5O4/c1-13-18(14(2)26(24-13)15-8-5-4-6-9-15)22-17(27)12-25-19(28)21(3,23-20(25)29)16-10-7-11-30-16/h4-11H,12H2,1-3H3,(H,22,27)(H,23,29)/t21-/m1/s1. The summed E-state index contributed by atoms with van der Waals surface area (Å²) in [5.74, 6) is -0.744. The molecule has 0 spiro atoms. The van der Waals surface area contributed by atoms with Gasteiger partial charge in [0, 0.05) is 0 Å². The molecule has 3 aromatic rings. The highest BCUT2D eigenvalue weighted by molar-refractivity contribution is 6.10. The van der Waals surface area contributed by atoms with Crippen LogP contribution in [-0.2, 0) is 15.1 Å². The molecule has 0 saturated carbocycles. The predicted molar refractivity (Wildman–Crippen MR) is 108 cm³/mol. The lowest BCUT2D eigenvalue weighted by molar-refractivity contribution is -0.134. The van der Waals surface area contributed by atoms with Gasteiger partial charge in [-0.05, 0) is 45.0 Å². The Balaban J connectivity index is 1.51. The lowest BCUT2D eigenvalue weighted by atomic mass is 9.99. The molecular weight excluding hydrogens is 386 g/mol. The Kier molecular flexibility index (Phi) is 4.65. The molecule has 4 rings (SSSR count). The Morgan fingerprint density at radius 3 is 2.57 bits per heavy atom. The predicted octanol–water partition coefficient (Wildman–Crippen LogP) is 2.49. The number of carbonyl (C=O) groups is 3. The minimum Gasteiger partial charge on any atom is -0.466 e. The van der Waals surface area contributed by atoms with Gasteiger partial charge in [-0.1, -0.05) is 18.2 Å². The number of amides is 4. The number of nitrogens with zero attached hydrogens (tertiary/aromatic N) is 3. The van der Waals surface area contributed by atoms with Crippen molar-refractivity contribution in [2.75, 3.05) is 11.9 Å². The van der Waals surface area contributed by atoms with Crippen molar-refractivity contribution in [2.24, 2.45) is 0 Å². The van der Waals surface area contributed by atoms with Crippen molar-refractivity contribution in [3.05, 3.63) is 65.9 Å². The van der Waals surface area contributed by atoms with Crippen molar-refractivity contribution in [1.82, 2.24) is 20.0 Å². The molecule has 1 saturated heterocycles. The van der Waals surface area contributed by atoms with Crippen LogP contribution in [0, 0.1) is 13.8 Å². The molecule has 30 heavy (non-hydrogen) atoms. The van der Waals surface area contributed by atoms with Gasteiger partial charge in [0.05, 0.1) is 29.0 Å². The average Bonchev–Trinajstić information content (AvgIpc) is 3.41. The zero-order valence-corrected chi connectivity index (χ0v) is 16.8. The van der Waals surface area contributed by atoms with Crippen LogP contribution in [0.4, 0.5) is 10.5 Å². The third-order valence-electron chi connectivity index (χ3n) is 5.15. The maximum atomic E-state index is 12.8. The van der Waals surface area contributed by atoms with E-state index < -0.39 is 29.9 Å². The summed E-state index contributed by atoms with van der Waals surface area (Å²) >= 11 is 0. The molecule has 1 fully saturated rings. The first kappa shape index (κ1) is 19.4. The summed E-state index contributed by atoms with van der Waals surface area (Å²) in [7, 11) is 0. The van der Waals surface area contributed by atoms with Crippen molar-refractivity contribution in [2.45, 2.75) is 26.3 Å². The molecule has 4 amide bonds. The number of hydrogen-bond acceptors (Lipinski definition) is 5. The second kappa shape index (κ2) is 7.18. The molecule has 1 aromatic carbocycles. The minimum absolute atomic E-state index is 0.305. The van der Waals surface area contributed by atoms with E-state index in [0.29, 0.717) is 17.1 Å². The summed E-state index contributed by atoms with van der Waals surface area (Å²) in [6.07, 6.45) is 1.42. The van der Waals surface area contributed by atoms with Crippen LogP contribution in [0.25, 0.3) is 5.69 Å². The number of urea groups is 1. The number of benzene rings is 1. The van der Waals surface area contributed by atoms with Crippen LogP contribution >= 0.6 is 0 Å². The van der Waals surface area contributed by atoms with Crippen molar-refractivity contribution >= 4 is 23.5 Å². The summed E-state index contributed by atoms with van der Waals surface area (Å²) in [6, 6.07) is 12.1. The highest BCUT2D eigenvalue weighted by Crippen LogP contribution is 2.29. The number of aryl methyl sites for hydroxylation is 1. The van der Waals surface area contributed by atoms with Crippen LogP contribution in [0.3, 0.4) is 0 Å². The SMILES string of the molecule is Cc1nn(-c2ccccc2)c(C)c1NC(=O)CN1C(=O)N[C@](C)(c2ccco2)C1=O. The Morgan fingerprint density at radius 1 is 1.17 bits per heavy atom. The molecule has 1 aliphatic heterocycles. The Bertz CT molecular complexity index is 1120. The summed E-state index contributed by atoms with van der Waals surface area (Å²) in [6.45, 7) is 4.74. The van der Waals surface area contributed by atoms with Gasteiger partial charge in [0.25, 0.3) is 5.91 Å². The van der Waals surface area contributed by atoms with E-state index in [0.717, 1.165) is 16.3 Å². The first-order valence-corrected chi connectivity index (χ1v) is 9.41. The van der Waals surface area contributed by atoms with Gasteiger partial charge in [0.15, 0.2) is 5.54 Å². The van der Waals surface area contributed by atoms with Gasteiger partial charge >= 0.3 is 6.03 Å². The Labute approximate surface area is 172 Å². The van der Waals surface area contributed by atoms with Crippen LogP contribution in [-0.4, -0.2) is 39.1 Å². The van der Waals surface area contributed by atoms with Crippen LogP contribution in [0.2, 0.25) is 0 Å². The number of aromatic nitrogens is 2. The van der Waals surface area contributed by atoms with E-state index in [9.17, 15) is 14.4 Å². The fourth-order valence-electron chi connectivity index (χ4n) is 3.54. The summed E-state index contributed by atoms with van der Waals surface area (Å²) in [5.41, 5.74) is 1.43. The second-order valence-electron chi connectivity index (χ2n) is 7.27. The summed E-state index contributed by atoms with van der Waals surface area (Å²) in [4.78, 5) is 38.7. The molecule has 2 aromatic heterocycles. The maximum absolute atomic E-state index is 12.8. The quantitative estimate of drug-likeness (QED) is 0.632. The van der Waals surface area contributed by atoms with Crippen LogP contribution in [0.5, 0.6) is 0 Å². The fraction of sp³-hybridized carbons (Fsp3) is 0.238. The van der Waals surface area contributed by atoms with E-state index in [4.69, 9.17) is 4.42 Å². The number of carbonyl (C=O) groups excluding carboxylic acids is 3. The number of nitrogens with one attached hydrogen (secondary N) is 2. The molecule has 3 heterocycles. The van der Waals surface area contributed by atoms with Gasteiger partial charge in [-0.15, -0.1) is 0 Å². The van der Waals surface area contributed by atoms with E-state index in [1.165, 1.54) is 6.26 Å². The monoisotopic (exact) mass is 407 g/mol. The number of para-hydroxylation sites is 1. The molecule has 9 heteroatoms. The minimum atomic E-state index is -1.34. The lowest BCUT2D eigenvalue weighted by Crippen LogP contribution is -2.41. The first-order valence-electron chi connectivity index (χ1n) is 9.41. The molecule has 0 radical (unpaired) electrons. The molecule has 0 unspecified atom stereocenters. The van der Waals surface area contributed by atoms with Crippen molar-refractivity contribution < 1.29 is 18.8 Å². The molecule has 1 atom stereocenters. The van der Waals surface area contributed by atoms with Crippen LogP contribution in [0.15, 0.2) is 53.1 Å². The largest absolute Gasteiger partial charge is 0.466 e. The van der Waals surface area contributed by atoms with Crippen molar-refractivity contribution in [1.29, 1.82) is 0 Å². The second-order valence-corrected chi connectivity index (χ2v) is 7.27. The van der Waals surface area contributed by atoms with Gasteiger partial charge in [-0.25, -0.2) is 9.48 Å². The van der Waals surface area contributed by atoms with E-state index >= 15 is 0 Å². The molecule has 2 N–H and O–H groups in total. The number of rotatable bonds is 5. The summed E-state index contributed by atoms with van der Waals surface area (Å²) in [5, 5.41) is 9.86. The zero-order valence-electron chi connectivity index (χ0n) is 16.8. The number of imide groups is 1. The first-order chi connectivity index (χ1) is 14.3. The molecule has 154 valence electrons. The van der Waals surface area contributed by atoms with Gasteiger partial charge in [-0.3, -0.25) is 14.5 Å². The number of furan rings is 1. The third-order valence-corrected chi connectivity index (χ3v) is 5.15. The molecule has 9 nitrogen and oxygen atoms in total. The zero-order chi connectivity index (χ0) is 21.5. The van der Waals surface area contributed by atoms with Gasteiger partial charge < -0.3 is 15.1 Å². The van der Waals surface area contributed by atoms with E-state index in [1.807, 2.05) is 37.3 Å². The van der Waals surface area contributed by atoms with Crippen molar-refractivity contribution in [3.8, 4) is 5.69 Å². The third kappa shape index (κ3) is 3.14. The van der Waals surface area contributed by atoms with Crippen molar-refractivity contribution in [3.63, 3.8) is 0 Å². The highest BCUT2D eigenvalue weighted by atomic mass is 16.3. The normalized spacial score (nSPS) is 18.6. The van der Waals surface area contributed by atoms with Crippen LogP contribution in [0.1, 0.15) is 24.1 Å². The van der Waals surface area contributed by atoms with Gasteiger partial charge in [0.2, 0.25) is 5.91 Å². The topological polar surface area (TPSA) is 109 Å². The Hall–Kier alpha value is -3.88. The summed E-state index contributed by atoms with van der Waals surface area (Å²) < 4.78 is 7.02. The van der Waals surface area contributed by atoms with Crippen LogP contribution < -0.4 is 10.6 Å². The van der Waals surface area contributed by atoms with Gasteiger partial charge in [0.1, 0.15) is 12.3 Å². The van der Waals surface area contributed by atoms with E-state index in [1.54, 1.807) is 30.7 Å².